The standard InChI is InChI=1S/C17H10BrN3OS/c18-11-6-8-13-15(9-11)23-17(20-13)21-16(22)14-7-5-10-3-1-2-4-12(10)19-14/h1-9H,(H,20,21,22). The number of benzene rings is 2. The van der Waals surface area contributed by atoms with Crippen molar-refractivity contribution in [2.45, 2.75) is 0 Å². The molecule has 6 heteroatoms. The summed E-state index contributed by atoms with van der Waals surface area (Å²) in [6.07, 6.45) is 0. The third-order valence-corrected chi connectivity index (χ3v) is 4.83. The summed E-state index contributed by atoms with van der Waals surface area (Å²) in [5, 5.41) is 4.40. The second-order valence-corrected chi connectivity index (χ2v) is 6.92. The third kappa shape index (κ3) is 2.83. The first-order chi connectivity index (χ1) is 11.2. The van der Waals surface area contributed by atoms with Crippen molar-refractivity contribution in [2.24, 2.45) is 0 Å². The maximum atomic E-state index is 12.4. The fraction of sp³-hybridized carbons (Fsp3) is 0. The van der Waals surface area contributed by atoms with Crippen molar-refractivity contribution >= 4 is 59.4 Å². The molecule has 0 aliphatic rings. The number of rotatable bonds is 2. The number of para-hydroxylation sites is 1. The zero-order chi connectivity index (χ0) is 15.8. The number of hydrogen-bond acceptors (Lipinski definition) is 4. The van der Waals surface area contributed by atoms with Crippen molar-refractivity contribution < 1.29 is 4.79 Å². The Balaban J connectivity index is 1.64. The monoisotopic (exact) mass is 383 g/mol. The lowest BCUT2D eigenvalue weighted by Crippen LogP contribution is -2.13. The predicted octanol–water partition coefficient (Wildman–Crippen LogP) is 4.86. The van der Waals surface area contributed by atoms with Gasteiger partial charge < -0.3 is 0 Å². The molecule has 0 saturated carbocycles. The number of pyridine rings is 1. The van der Waals surface area contributed by atoms with Crippen LogP contribution in [0.25, 0.3) is 21.1 Å². The molecule has 0 spiro atoms. The molecule has 0 fully saturated rings. The highest BCUT2D eigenvalue weighted by molar-refractivity contribution is 9.10. The average Bonchev–Trinajstić information content (AvgIpc) is 2.95. The Bertz CT molecular complexity index is 1040. The van der Waals surface area contributed by atoms with E-state index in [4.69, 9.17) is 0 Å². The minimum absolute atomic E-state index is 0.256. The molecule has 1 amide bonds. The summed E-state index contributed by atoms with van der Waals surface area (Å²) in [7, 11) is 0. The number of nitrogens with one attached hydrogen (secondary N) is 1. The lowest BCUT2D eigenvalue weighted by molar-refractivity contribution is 0.102. The maximum Gasteiger partial charge on any atom is 0.276 e. The van der Waals surface area contributed by atoms with Gasteiger partial charge in [0.25, 0.3) is 5.91 Å². The van der Waals surface area contributed by atoms with Gasteiger partial charge in [-0.15, -0.1) is 0 Å². The molecule has 0 saturated heterocycles. The Morgan fingerprint density at radius 3 is 2.78 bits per heavy atom. The Morgan fingerprint density at radius 2 is 1.87 bits per heavy atom. The number of halogens is 1. The highest BCUT2D eigenvalue weighted by Gasteiger charge is 2.12. The molecule has 1 N–H and O–H groups in total. The van der Waals surface area contributed by atoms with Gasteiger partial charge >= 0.3 is 0 Å². The topological polar surface area (TPSA) is 54.9 Å². The predicted molar refractivity (Wildman–Crippen MR) is 97.0 cm³/mol. The lowest BCUT2D eigenvalue weighted by Gasteiger charge is -2.02. The van der Waals surface area contributed by atoms with Crippen LogP contribution >= 0.6 is 27.3 Å². The number of fused-ring (bicyclic) bond motifs is 2. The summed E-state index contributed by atoms with van der Waals surface area (Å²) >= 11 is 4.87. The van der Waals surface area contributed by atoms with E-state index in [1.54, 1.807) is 6.07 Å². The van der Waals surface area contributed by atoms with E-state index in [2.05, 4.69) is 31.2 Å². The Hall–Kier alpha value is -2.31. The minimum atomic E-state index is -0.256. The van der Waals surface area contributed by atoms with E-state index in [1.807, 2.05) is 48.5 Å². The van der Waals surface area contributed by atoms with Crippen molar-refractivity contribution in [3.63, 3.8) is 0 Å². The third-order valence-electron chi connectivity index (χ3n) is 3.40. The van der Waals surface area contributed by atoms with Crippen LogP contribution in [0.15, 0.2) is 59.1 Å². The molecule has 0 radical (unpaired) electrons. The van der Waals surface area contributed by atoms with Gasteiger partial charge in [-0.05, 0) is 30.3 Å². The molecule has 4 nitrogen and oxygen atoms in total. The minimum Gasteiger partial charge on any atom is -0.296 e. The van der Waals surface area contributed by atoms with E-state index >= 15 is 0 Å². The first-order valence-electron chi connectivity index (χ1n) is 6.92. The molecule has 23 heavy (non-hydrogen) atoms. The number of thiazole rings is 1. The smallest absolute Gasteiger partial charge is 0.276 e. The van der Waals surface area contributed by atoms with Gasteiger partial charge in [-0.25, -0.2) is 9.97 Å². The van der Waals surface area contributed by atoms with Crippen LogP contribution in [0, 0.1) is 0 Å². The van der Waals surface area contributed by atoms with Crippen LogP contribution in [-0.2, 0) is 0 Å². The molecule has 0 bridgehead atoms. The van der Waals surface area contributed by atoms with Gasteiger partial charge in [-0.3, -0.25) is 10.1 Å². The first kappa shape index (κ1) is 14.3. The van der Waals surface area contributed by atoms with Gasteiger partial charge in [0.15, 0.2) is 5.13 Å². The fourth-order valence-corrected chi connectivity index (χ4v) is 3.72. The molecule has 4 aromatic rings. The summed E-state index contributed by atoms with van der Waals surface area (Å²) in [4.78, 5) is 21.2. The van der Waals surface area contributed by atoms with E-state index in [9.17, 15) is 4.79 Å². The molecule has 2 aromatic heterocycles. The number of amides is 1. The molecular formula is C17H10BrN3OS. The molecule has 0 unspecified atom stereocenters. The molecule has 112 valence electrons. The average molecular weight is 384 g/mol. The first-order valence-corrected chi connectivity index (χ1v) is 8.53. The summed E-state index contributed by atoms with van der Waals surface area (Å²) in [6.45, 7) is 0. The van der Waals surface area contributed by atoms with E-state index in [-0.39, 0.29) is 5.91 Å². The summed E-state index contributed by atoms with van der Waals surface area (Å²) < 4.78 is 2.00. The largest absolute Gasteiger partial charge is 0.296 e. The van der Waals surface area contributed by atoms with Gasteiger partial charge in [0, 0.05) is 9.86 Å². The molecular weight excluding hydrogens is 374 g/mol. The zero-order valence-corrected chi connectivity index (χ0v) is 14.2. The van der Waals surface area contributed by atoms with Crippen molar-refractivity contribution in [1.82, 2.24) is 9.97 Å². The van der Waals surface area contributed by atoms with Crippen molar-refractivity contribution in [1.29, 1.82) is 0 Å². The summed E-state index contributed by atoms with van der Waals surface area (Å²) in [6, 6.07) is 17.2. The van der Waals surface area contributed by atoms with E-state index < -0.39 is 0 Å². The number of anilines is 1. The molecule has 2 aromatic carbocycles. The SMILES string of the molecule is O=C(Nc1nc2ccc(Br)cc2s1)c1ccc2ccccc2n1. The van der Waals surface area contributed by atoms with Crippen LogP contribution in [0.3, 0.4) is 0 Å². The van der Waals surface area contributed by atoms with Crippen molar-refractivity contribution in [2.75, 3.05) is 5.32 Å². The van der Waals surface area contributed by atoms with Crippen LogP contribution < -0.4 is 5.32 Å². The Labute approximate surface area is 144 Å². The molecule has 2 heterocycles. The maximum absolute atomic E-state index is 12.4. The van der Waals surface area contributed by atoms with E-state index in [0.29, 0.717) is 10.8 Å². The number of hydrogen-bond donors (Lipinski definition) is 1. The van der Waals surface area contributed by atoms with E-state index in [0.717, 1.165) is 25.6 Å². The molecule has 0 atom stereocenters. The van der Waals surface area contributed by atoms with Crippen LogP contribution in [0.4, 0.5) is 5.13 Å². The van der Waals surface area contributed by atoms with Crippen LogP contribution in [0.1, 0.15) is 10.5 Å². The number of carbonyl (C=O) groups is 1. The van der Waals surface area contributed by atoms with Crippen LogP contribution in [-0.4, -0.2) is 15.9 Å². The zero-order valence-electron chi connectivity index (χ0n) is 11.8. The van der Waals surface area contributed by atoms with Crippen LogP contribution in [0.2, 0.25) is 0 Å². The van der Waals surface area contributed by atoms with Crippen LogP contribution in [0.5, 0.6) is 0 Å². The lowest BCUT2D eigenvalue weighted by atomic mass is 10.2. The normalized spacial score (nSPS) is 11.0. The van der Waals surface area contributed by atoms with Crippen molar-refractivity contribution in [3.8, 4) is 0 Å². The number of nitrogens with zero attached hydrogens (tertiary/aromatic N) is 2. The van der Waals surface area contributed by atoms with Gasteiger partial charge in [0.2, 0.25) is 0 Å². The van der Waals surface area contributed by atoms with Gasteiger partial charge in [0.05, 0.1) is 15.7 Å². The van der Waals surface area contributed by atoms with E-state index in [1.165, 1.54) is 11.3 Å². The second kappa shape index (κ2) is 5.72. The summed E-state index contributed by atoms with van der Waals surface area (Å²) in [5.74, 6) is -0.256. The Morgan fingerprint density at radius 1 is 1.00 bits per heavy atom. The quantitative estimate of drug-likeness (QED) is 0.537. The highest BCUT2D eigenvalue weighted by Crippen LogP contribution is 2.28. The highest BCUT2D eigenvalue weighted by atomic mass is 79.9. The molecule has 4 rings (SSSR count). The molecule has 0 aliphatic carbocycles. The number of carbonyl (C=O) groups excluding carboxylic acids is 1. The van der Waals surface area contributed by atoms with Gasteiger partial charge in [-0.2, -0.15) is 0 Å². The molecule has 0 aliphatic heterocycles. The number of aromatic nitrogens is 2. The Kier molecular flexibility index (Phi) is 3.55. The van der Waals surface area contributed by atoms with Gasteiger partial charge in [-0.1, -0.05) is 51.5 Å². The van der Waals surface area contributed by atoms with Crippen molar-refractivity contribution in [3.05, 3.63) is 64.8 Å². The van der Waals surface area contributed by atoms with Gasteiger partial charge in [0.1, 0.15) is 5.69 Å². The fourth-order valence-electron chi connectivity index (χ4n) is 2.31. The summed E-state index contributed by atoms with van der Waals surface area (Å²) in [5.41, 5.74) is 2.04. The second-order valence-electron chi connectivity index (χ2n) is 4.97.